The molecule has 31 heavy (non-hydrogen) atoms. The van der Waals surface area contributed by atoms with E-state index in [4.69, 9.17) is 15.2 Å². The van der Waals surface area contributed by atoms with Crippen LogP contribution in [0.15, 0.2) is 47.4 Å². The maximum atomic E-state index is 13.0. The van der Waals surface area contributed by atoms with Crippen LogP contribution in [-0.2, 0) is 30.8 Å². The number of rotatable bonds is 8. The smallest absolute Gasteiger partial charge is 0.262 e. The molecule has 0 spiro atoms. The molecule has 3 N–H and O–H groups in total. The highest BCUT2D eigenvalue weighted by Gasteiger charge is 2.28. The summed E-state index contributed by atoms with van der Waals surface area (Å²) in [5.74, 6) is -0.586. The number of carbonyl (C=O) groups is 2. The van der Waals surface area contributed by atoms with E-state index in [2.05, 4.69) is 5.32 Å². The van der Waals surface area contributed by atoms with E-state index in [0.29, 0.717) is 35.8 Å². The number of hydrogen-bond donors (Lipinski definition) is 2. The van der Waals surface area contributed by atoms with Crippen LogP contribution >= 0.6 is 0 Å². The van der Waals surface area contributed by atoms with E-state index in [1.165, 1.54) is 10.4 Å². The molecule has 166 valence electrons. The number of ether oxygens (including phenoxy) is 2. The van der Waals surface area contributed by atoms with Gasteiger partial charge < -0.3 is 20.5 Å². The molecule has 2 amide bonds. The highest BCUT2D eigenvalue weighted by molar-refractivity contribution is 7.89. The maximum Gasteiger partial charge on any atom is 0.262 e. The highest BCUT2D eigenvalue weighted by Crippen LogP contribution is 2.24. The Bertz CT molecular complexity index is 1060. The predicted molar refractivity (Wildman–Crippen MR) is 114 cm³/mol. The first-order valence-electron chi connectivity index (χ1n) is 9.75. The van der Waals surface area contributed by atoms with Crippen LogP contribution in [0.4, 0.5) is 5.69 Å². The Morgan fingerprint density at radius 2 is 1.87 bits per heavy atom. The van der Waals surface area contributed by atoms with Gasteiger partial charge in [0, 0.05) is 24.3 Å². The molecule has 0 aliphatic carbocycles. The quantitative estimate of drug-likeness (QED) is 0.623. The first-order valence-corrected chi connectivity index (χ1v) is 11.2. The van der Waals surface area contributed by atoms with Gasteiger partial charge in [0.15, 0.2) is 6.61 Å². The summed E-state index contributed by atoms with van der Waals surface area (Å²) < 4.78 is 38.1. The number of nitrogens with one attached hydrogen (secondary N) is 1. The number of amides is 2. The minimum atomic E-state index is -3.70. The van der Waals surface area contributed by atoms with E-state index >= 15 is 0 Å². The second-order valence-electron chi connectivity index (χ2n) is 7.08. The number of sulfonamides is 1. The van der Waals surface area contributed by atoms with E-state index in [1.807, 2.05) is 0 Å². The molecule has 0 saturated carbocycles. The van der Waals surface area contributed by atoms with Crippen molar-refractivity contribution in [1.29, 1.82) is 0 Å². The molecule has 0 radical (unpaired) electrons. The maximum absolute atomic E-state index is 13.0. The number of para-hydroxylation sites is 1. The molecular formula is C21H25N3O6S. The third kappa shape index (κ3) is 5.81. The summed E-state index contributed by atoms with van der Waals surface area (Å²) in [4.78, 5) is 23.7. The van der Waals surface area contributed by atoms with Gasteiger partial charge in [0.2, 0.25) is 15.9 Å². The Hall–Kier alpha value is -2.95. The molecule has 0 bridgehead atoms. The number of hydrogen-bond acceptors (Lipinski definition) is 6. The summed E-state index contributed by atoms with van der Waals surface area (Å²) in [6.07, 6.45) is -0.00147. The van der Waals surface area contributed by atoms with Crippen molar-refractivity contribution >= 4 is 27.5 Å². The molecule has 2 aromatic rings. The summed E-state index contributed by atoms with van der Waals surface area (Å²) in [5.41, 5.74) is 6.74. The second kappa shape index (κ2) is 9.90. The van der Waals surface area contributed by atoms with Crippen molar-refractivity contribution in [2.45, 2.75) is 18.2 Å². The third-order valence-electron chi connectivity index (χ3n) is 4.76. The van der Waals surface area contributed by atoms with Gasteiger partial charge in [0.05, 0.1) is 24.5 Å². The Morgan fingerprint density at radius 1 is 1.16 bits per heavy atom. The number of carbonyl (C=O) groups excluding carboxylic acids is 2. The van der Waals surface area contributed by atoms with Gasteiger partial charge in [-0.15, -0.1) is 0 Å². The van der Waals surface area contributed by atoms with Gasteiger partial charge in [-0.1, -0.05) is 24.3 Å². The van der Waals surface area contributed by atoms with Crippen LogP contribution in [0.5, 0.6) is 5.75 Å². The van der Waals surface area contributed by atoms with Crippen LogP contribution in [0.1, 0.15) is 11.1 Å². The molecule has 0 atom stereocenters. The van der Waals surface area contributed by atoms with E-state index in [-0.39, 0.29) is 31.0 Å². The predicted octanol–water partition coefficient (Wildman–Crippen LogP) is 1.06. The standard InChI is InChI=1S/C21H25N3O6S/c1-15-6-7-17(13-19(15)31(27,28)24-8-10-29-11-9-24)23-21(26)14-30-18-5-3-2-4-16(18)12-20(22)25/h2-7,13H,8-12,14H2,1H3,(H2,22,25)(H,23,26). The molecule has 2 aromatic carbocycles. The van der Waals surface area contributed by atoms with Gasteiger partial charge in [-0.3, -0.25) is 9.59 Å². The SMILES string of the molecule is Cc1ccc(NC(=O)COc2ccccc2CC(N)=O)cc1S(=O)(=O)N1CCOCC1. The average Bonchev–Trinajstić information content (AvgIpc) is 2.74. The van der Waals surface area contributed by atoms with Gasteiger partial charge in [0.25, 0.3) is 5.91 Å². The lowest BCUT2D eigenvalue weighted by molar-refractivity contribution is -0.118. The Labute approximate surface area is 181 Å². The average molecular weight is 448 g/mol. The molecule has 1 aliphatic rings. The summed E-state index contributed by atoms with van der Waals surface area (Å²) >= 11 is 0. The number of primary amides is 1. The molecule has 3 rings (SSSR count). The minimum absolute atomic E-state index is 0.00147. The van der Waals surface area contributed by atoms with Crippen LogP contribution in [0, 0.1) is 6.92 Å². The summed E-state index contributed by atoms with van der Waals surface area (Å²) in [6.45, 7) is 2.67. The number of morpholine rings is 1. The van der Waals surface area contributed by atoms with Crippen molar-refractivity contribution in [2.24, 2.45) is 5.73 Å². The lowest BCUT2D eigenvalue weighted by Crippen LogP contribution is -2.40. The normalized spacial score (nSPS) is 14.7. The number of anilines is 1. The van der Waals surface area contributed by atoms with Crippen molar-refractivity contribution in [1.82, 2.24) is 4.31 Å². The Kier molecular flexibility index (Phi) is 7.26. The molecule has 1 fully saturated rings. The highest BCUT2D eigenvalue weighted by atomic mass is 32.2. The third-order valence-corrected chi connectivity index (χ3v) is 6.80. The molecular weight excluding hydrogens is 422 g/mol. The van der Waals surface area contributed by atoms with Gasteiger partial charge in [-0.2, -0.15) is 4.31 Å². The zero-order valence-corrected chi connectivity index (χ0v) is 18.0. The van der Waals surface area contributed by atoms with Gasteiger partial charge >= 0.3 is 0 Å². The minimum Gasteiger partial charge on any atom is -0.483 e. The summed E-state index contributed by atoms with van der Waals surface area (Å²) in [6, 6.07) is 11.5. The van der Waals surface area contributed by atoms with Gasteiger partial charge in [-0.25, -0.2) is 8.42 Å². The number of nitrogens with two attached hydrogens (primary N) is 1. The molecule has 1 heterocycles. The Balaban J connectivity index is 1.69. The van der Waals surface area contributed by atoms with Crippen molar-refractivity contribution in [3.05, 3.63) is 53.6 Å². The van der Waals surface area contributed by atoms with E-state index in [0.717, 1.165) is 0 Å². The lowest BCUT2D eigenvalue weighted by Gasteiger charge is -2.26. The van der Waals surface area contributed by atoms with E-state index in [1.54, 1.807) is 43.3 Å². The summed E-state index contributed by atoms with van der Waals surface area (Å²) in [5, 5.41) is 2.65. The topological polar surface area (TPSA) is 128 Å². The second-order valence-corrected chi connectivity index (χ2v) is 8.99. The lowest BCUT2D eigenvalue weighted by atomic mass is 10.1. The molecule has 1 saturated heterocycles. The summed E-state index contributed by atoms with van der Waals surface area (Å²) in [7, 11) is -3.70. The zero-order valence-electron chi connectivity index (χ0n) is 17.2. The van der Waals surface area contributed by atoms with Crippen molar-refractivity contribution in [3.63, 3.8) is 0 Å². The number of nitrogens with zero attached hydrogens (tertiary/aromatic N) is 1. The van der Waals surface area contributed by atoms with Crippen LogP contribution in [-0.4, -0.2) is 57.4 Å². The molecule has 0 unspecified atom stereocenters. The fourth-order valence-electron chi connectivity index (χ4n) is 3.20. The zero-order chi connectivity index (χ0) is 22.4. The fraction of sp³-hybridized carbons (Fsp3) is 0.333. The van der Waals surface area contributed by atoms with Crippen LogP contribution < -0.4 is 15.8 Å². The fourth-order valence-corrected chi connectivity index (χ4v) is 4.86. The number of benzene rings is 2. The molecule has 9 nitrogen and oxygen atoms in total. The van der Waals surface area contributed by atoms with Crippen molar-refractivity contribution in [2.75, 3.05) is 38.2 Å². The van der Waals surface area contributed by atoms with E-state index < -0.39 is 21.8 Å². The van der Waals surface area contributed by atoms with Crippen LogP contribution in [0.3, 0.4) is 0 Å². The van der Waals surface area contributed by atoms with Gasteiger partial charge in [0.1, 0.15) is 5.75 Å². The first kappa shape index (κ1) is 22.7. The van der Waals surface area contributed by atoms with E-state index in [9.17, 15) is 18.0 Å². The van der Waals surface area contributed by atoms with Gasteiger partial charge in [-0.05, 0) is 30.7 Å². The molecule has 1 aliphatic heterocycles. The van der Waals surface area contributed by atoms with Crippen LogP contribution in [0.25, 0.3) is 0 Å². The first-order chi connectivity index (χ1) is 14.8. The monoisotopic (exact) mass is 447 g/mol. The molecule has 0 aromatic heterocycles. The Morgan fingerprint density at radius 3 is 2.58 bits per heavy atom. The van der Waals surface area contributed by atoms with Crippen molar-refractivity contribution < 1.29 is 27.5 Å². The largest absolute Gasteiger partial charge is 0.483 e. The molecule has 10 heteroatoms. The van der Waals surface area contributed by atoms with Crippen LogP contribution in [0.2, 0.25) is 0 Å². The number of aryl methyl sites for hydroxylation is 1. The van der Waals surface area contributed by atoms with Crippen molar-refractivity contribution in [3.8, 4) is 5.75 Å².